The highest BCUT2D eigenvalue weighted by molar-refractivity contribution is 5.79. The second kappa shape index (κ2) is 9.23. The first kappa shape index (κ1) is 23.2. The molecule has 0 saturated carbocycles. The van der Waals surface area contributed by atoms with Gasteiger partial charge in [-0.15, -0.1) is 5.10 Å². The Morgan fingerprint density at radius 2 is 2.08 bits per heavy atom. The van der Waals surface area contributed by atoms with Gasteiger partial charge in [-0.1, -0.05) is 5.21 Å². The monoisotopic (exact) mass is 488 g/mol. The number of amides is 1. The number of aliphatic hydroxyl groups is 1. The van der Waals surface area contributed by atoms with E-state index in [0.29, 0.717) is 41.3 Å². The van der Waals surface area contributed by atoms with Crippen molar-refractivity contribution in [1.29, 1.82) is 5.26 Å². The van der Waals surface area contributed by atoms with E-state index in [1.165, 1.54) is 11.1 Å². The Kier molecular flexibility index (Phi) is 5.95. The van der Waals surface area contributed by atoms with Crippen molar-refractivity contribution in [3.63, 3.8) is 0 Å². The van der Waals surface area contributed by atoms with Gasteiger partial charge in [0.1, 0.15) is 11.8 Å². The van der Waals surface area contributed by atoms with E-state index in [9.17, 15) is 15.0 Å². The van der Waals surface area contributed by atoms with Crippen LogP contribution in [0.4, 0.5) is 10.5 Å². The number of hydrogen-bond acceptors (Lipinski definition) is 9. The van der Waals surface area contributed by atoms with Crippen LogP contribution in [0, 0.1) is 11.3 Å². The van der Waals surface area contributed by atoms with Crippen molar-refractivity contribution in [2.24, 2.45) is 0 Å². The van der Waals surface area contributed by atoms with Crippen molar-refractivity contribution in [2.45, 2.75) is 38.5 Å². The zero-order valence-corrected chi connectivity index (χ0v) is 19.6. The van der Waals surface area contributed by atoms with E-state index in [4.69, 9.17) is 5.26 Å². The summed E-state index contributed by atoms with van der Waals surface area (Å²) in [5, 5.41) is 45.9. The van der Waals surface area contributed by atoms with E-state index in [2.05, 4.69) is 36.8 Å². The summed E-state index contributed by atoms with van der Waals surface area (Å²) in [6, 6.07) is 5.38. The molecule has 0 spiro atoms. The Balaban J connectivity index is 1.47. The number of likely N-dealkylation sites (tertiary alicyclic amines) is 1. The van der Waals surface area contributed by atoms with Gasteiger partial charge in [-0.3, -0.25) is 0 Å². The van der Waals surface area contributed by atoms with Gasteiger partial charge in [0.2, 0.25) is 0 Å². The first-order valence-corrected chi connectivity index (χ1v) is 11.4. The van der Waals surface area contributed by atoms with E-state index in [0.717, 1.165) is 11.1 Å². The van der Waals surface area contributed by atoms with Crippen LogP contribution in [-0.2, 0) is 0 Å². The number of aliphatic hydroxyl groups excluding tert-OH is 1. The third kappa shape index (κ3) is 4.29. The number of nitrogens with zero attached hydrogens (tertiary/aromatic N) is 9. The van der Waals surface area contributed by atoms with Crippen molar-refractivity contribution in [3.8, 4) is 23.1 Å². The summed E-state index contributed by atoms with van der Waals surface area (Å²) in [7, 11) is 0. The first-order valence-electron chi connectivity index (χ1n) is 11.4. The molecule has 13 heteroatoms. The number of carbonyl (C=O) groups is 1. The molecule has 2 atom stereocenters. The maximum absolute atomic E-state index is 11.2. The average molecular weight is 489 g/mol. The zero-order chi connectivity index (χ0) is 25.4. The lowest BCUT2D eigenvalue weighted by Gasteiger charge is -2.33. The van der Waals surface area contributed by atoms with Crippen LogP contribution in [0.15, 0.2) is 36.9 Å². The van der Waals surface area contributed by atoms with Crippen LogP contribution in [0.25, 0.3) is 28.1 Å². The van der Waals surface area contributed by atoms with Crippen LogP contribution in [0.1, 0.15) is 31.9 Å². The average Bonchev–Trinajstić information content (AvgIpc) is 3.50. The summed E-state index contributed by atoms with van der Waals surface area (Å²) in [5.74, 6) is 0.540. The van der Waals surface area contributed by atoms with Crippen LogP contribution in [0.5, 0.6) is 0 Å². The summed E-state index contributed by atoms with van der Waals surface area (Å²) in [6.45, 7) is 4.36. The van der Waals surface area contributed by atoms with E-state index in [1.807, 2.05) is 19.9 Å². The number of fused-ring (bicyclic) bond motifs is 1. The molecule has 13 nitrogen and oxygen atoms in total. The molecule has 184 valence electrons. The van der Waals surface area contributed by atoms with Gasteiger partial charge in [-0.25, -0.2) is 19.4 Å². The summed E-state index contributed by atoms with van der Waals surface area (Å²) in [4.78, 5) is 21.4. The van der Waals surface area contributed by atoms with Crippen molar-refractivity contribution < 1.29 is 15.0 Å². The van der Waals surface area contributed by atoms with Gasteiger partial charge in [-0.05, 0) is 26.3 Å². The molecule has 1 saturated heterocycles. The van der Waals surface area contributed by atoms with Gasteiger partial charge in [0.25, 0.3) is 0 Å². The molecule has 5 heterocycles. The highest BCUT2D eigenvalue weighted by Crippen LogP contribution is 2.30. The van der Waals surface area contributed by atoms with Crippen LogP contribution in [-0.4, -0.2) is 81.2 Å². The lowest BCUT2D eigenvalue weighted by molar-refractivity contribution is 0.0249. The Hall–Kier alpha value is -4.57. The Morgan fingerprint density at radius 1 is 1.25 bits per heavy atom. The molecule has 3 N–H and O–H groups in total. The summed E-state index contributed by atoms with van der Waals surface area (Å²) >= 11 is 0. The normalized spacial score (nSPS) is 17.9. The fourth-order valence-electron chi connectivity index (χ4n) is 4.31. The lowest BCUT2D eigenvalue weighted by Crippen LogP contribution is -2.46. The maximum Gasteiger partial charge on any atom is 0.407 e. The third-order valence-electron chi connectivity index (χ3n) is 6.03. The van der Waals surface area contributed by atoms with Crippen LogP contribution in [0.3, 0.4) is 0 Å². The van der Waals surface area contributed by atoms with Gasteiger partial charge in [0.15, 0.2) is 11.5 Å². The molecule has 1 aliphatic heterocycles. The highest BCUT2D eigenvalue weighted by atomic mass is 16.4. The fourth-order valence-corrected chi connectivity index (χ4v) is 4.31. The summed E-state index contributed by atoms with van der Waals surface area (Å²) < 4.78 is 3.19. The van der Waals surface area contributed by atoms with Gasteiger partial charge < -0.3 is 20.4 Å². The molecular formula is C23H24N10O3. The Labute approximate surface area is 205 Å². The molecule has 0 bridgehead atoms. The Morgan fingerprint density at radius 3 is 2.81 bits per heavy atom. The first-order chi connectivity index (χ1) is 17.3. The fraction of sp³-hybridized carbons (Fsp3) is 0.348. The summed E-state index contributed by atoms with van der Waals surface area (Å²) in [6.07, 6.45) is 5.04. The van der Waals surface area contributed by atoms with Crippen molar-refractivity contribution >= 4 is 22.8 Å². The molecule has 36 heavy (non-hydrogen) atoms. The standard InChI is InChI=1S/C23H24N10O3/c1-13(2)28-17-6-21(33-22-15(9-27-33)5-14(7-24)8-26-22)25-10-16(17)18-11-32(30-29-18)19-3-4-31(23(35)36)12-20(19)34/h5-6,8-11,13,19-20,34H,3-4,12H2,1-2H3,(H,25,28)(H,35,36)/t19-,20+/m0/s1. The van der Waals surface area contributed by atoms with E-state index >= 15 is 0 Å². The molecule has 5 rings (SSSR count). The molecule has 0 radical (unpaired) electrons. The number of β-amino-alcohol motifs (C(OH)–C–C–N with tert-alkyl or cyclic N) is 1. The third-order valence-corrected chi connectivity index (χ3v) is 6.03. The number of anilines is 1. The number of aromatic nitrogens is 7. The molecule has 4 aromatic rings. The van der Waals surface area contributed by atoms with Crippen molar-refractivity contribution in [1.82, 2.24) is 39.6 Å². The predicted molar refractivity (Wildman–Crippen MR) is 128 cm³/mol. The molecule has 0 aliphatic carbocycles. The van der Waals surface area contributed by atoms with Gasteiger partial charge >= 0.3 is 6.09 Å². The minimum absolute atomic E-state index is 0.0212. The number of piperidine rings is 1. The second-order valence-electron chi connectivity index (χ2n) is 8.93. The second-order valence-corrected chi connectivity index (χ2v) is 8.93. The van der Waals surface area contributed by atoms with Crippen LogP contribution < -0.4 is 5.32 Å². The smallest absolute Gasteiger partial charge is 0.407 e. The topological polar surface area (TPSA) is 171 Å². The van der Waals surface area contributed by atoms with Crippen LogP contribution in [0.2, 0.25) is 0 Å². The number of nitriles is 1. The number of rotatable bonds is 5. The number of nitrogens with one attached hydrogen (secondary N) is 1. The van der Waals surface area contributed by atoms with Crippen LogP contribution >= 0.6 is 0 Å². The van der Waals surface area contributed by atoms with E-state index < -0.39 is 12.2 Å². The number of carboxylic acid groups (broad SMARTS) is 1. The molecule has 1 fully saturated rings. The predicted octanol–water partition coefficient (Wildman–Crippen LogP) is 2.05. The molecular weight excluding hydrogens is 464 g/mol. The largest absolute Gasteiger partial charge is 0.465 e. The van der Waals surface area contributed by atoms with E-state index in [1.54, 1.807) is 34.0 Å². The quantitative estimate of drug-likeness (QED) is 0.377. The van der Waals surface area contributed by atoms with E-state index in [-0.39, 0.29) is 18.6 Å². The maximum atomic E-state index is 11.2. The molecule has 0 unspecified atom stereocenters. The van der Waals surface area contributed by atoms with Gasteiger partial charge in [0.05, 0.1) is 36.6 Å². The number of hydrogen-bond donors (Lipinski definition) is 3. The lowest BCUT2D eigenvalue weighted by atomic mass is 10.0. The summed E-state index contributed by atoms with van der Waals surface area (Å²) in [5.41, 5.74) is 3.08. The van der Waals surface area contributed by atoms with Crippen molar-refractivity contribution in [2.75, 3.05) is 18.4 Å². The molecule has 1 amide bonds. The highest BCUT2D eigenvalue weighted by Gasteiger charge is 2.32. The minimum Gasteiger partial charge on any atom is -0.465 e. The Bertz CT molecular complexity index is 1470. The van der Waals surface area contributed by atoms with Crippen molar-refractivity contribution in [3.05, 3.63) is 42.5 Å². The van der Waals surface area contributed by atoms with Gasteiger partial charge in [-0.2, -0.15) is 15.0 Å². The SMILES string of the molecule is CC(C)Nc1cc(-n2ncc3cc(C#N)cnc32)ncc1-c1cn([C@H]2CCN(C(=O)O)C[C@H]2O)nn1. The molecule has 0 aromatic carbocycles. The molecule has 1 aliphatic rings. The number of pyridine rings is 2. The minimum atomic E-state index is -1.05. The molecule has 4 aromatic heterocycles. The van der Waals surface area contributed by atoms with Gasteiger partial charge in [0, 0.05) is 47.7 Å². The zero-order valence-electron chi connectivity index (χ0n) is 19.6.